The molecule has 0 spiro atoms. The highest BCUT2D eigenvalue weighted by Gasteiger charge is 2.16. The third kappa shape index (κ3) is 6.60. The maximum absolute atomic E-state index is 12.6. The molecule has 0 bridgehead atoms. The number of carbonyl (C=O) groups excluding carboxylic acids is 2. The first-order valence-electron chi connectivity index (χ1n) is 9.52. The molecule has 0 saturated heterocycles. The van der Waals surface area contributed by atoms with Crippen LogP contribution in [0, 0.1) is 0 Å². The van der Waals surface area contributed by atoms with Gasteiger partial charge in [-0.05, 0) is 28.8 Å². The maximum atomic E-state index is 12.6. The van der Waals surface area contributed by atoms with Crippen molar-refractivity contribution < 1.29 is 9.59 Å². The van der Waals surface area contributed by atoms with Crippen LogP contribution in [0.15, 0.2) is 77.7 Å². The molecular formula is C23H22ClN3O3. The Balaban J connectivity index is 1.62. The fourth-order valence-corrected chi connectivity index (χ4v) is 3.24. The molecule has 7 heteroatoms. The lowest BCUT2D eigenvalue weighted by molar-refractivity contribution is -0.123. The van der Waals surface area contributed by atoms with E-state index in [-0.39, 0.29) is 42.8 Å². The van der Waals surface area contributed by atoms with Gasteiger partial charge in [-0.2, -0.15) is 0 Å². The van der Waals surface area contributed by atoms with Crippen LogP contribution in [0.5, 0.6) is 0 Å². The molecule has 0 aliphatic rings. The van der Waals surface area contributed by atoms with Crippen LogP contribution in [0.25, 0.3) is 0 Å². The lowest BCUT2D eigenvalue weighted by Crippen LogP contribution is -2.39. The topological polar surface area (TPSA) is 91.1 Å². The van der Waals surface area contributed by atoms with E-state index in [2.05, 4.69) is 15.6 Å². The summed E-state index contributed by atoms with van der Waals surface area (Å²) in [6, 6.07) is 19.2. The first kappa shape index (κ1) is 21.3. The summed E-state index contributed by atoms with van der Waals surface area (Å²) < 4.78 is 0. The molecule has 0 aliphatic carbocycles. The minimum atomic E-state index is -0.377. The van der Waals surface area contributed by atoms with Crippen LogP contribution >= 0.6 is 11.6 Å². The number of aromatic nitrogens is 1. The predicted octanol–water partition coefficient (Wildman–Crippen LogP) is 2.79. The largest absolute Gasteiger partial charge is 0.353 e. The second-order valence-electron chi connectivity index (χ2n) is 6.88. The Morgan fingerprint density at radius 3 is 2.37 bits per heavy atom. The van der Waals surface area contributed by atoms with Gasteiger partial charge in [-0.3, -0.25) is 14.4 Å². The van der Waals surface area contributed by atoms with Gasteiger partial charge < -0.3 is 15.6 Å². The Kier molecular flexibility index (Phi) is 7.40. The normalized spacial score (nSPS) is 11.5. The highest BCUT2D eigenvalue weighted by molar-refractivity contribution is 6.30. The number of rotatable bonds is 8. The first-order valence-corrected chi connectivity index (χ1v) is 9.90. The summed E-state index contributed by atoms with van der Waals surface area (Å²) in [6.45, 7) is 0.244. The van der Waals surface area contributed by atoms with E-state index in [0.29, 0.717) is 10.6 Å². The van der Waals surface area contributed by atoms with E-state index in [4.69, 9.17) is 11.6 Å². The third-order valence-corrected chi connectivity index (χ3v) is 4.74. The second kappa shape index (κ2) is 10.4. The average Bonchev–Trinajstić information content (AvgIpc) is 2.73. The number of nitrogens with one attached hydrogen (secondary N) is 3. The quantitative estimate of drug-likeness (QED) is 0.520. The maximum Gasteiger partial charge on any atom is 0.247 e. The fourth-order valence-electron chi connectivity index (χ4n) is 3.03. The SMILES string of the molecule is O=C(Cc1ccc(=O)[nH]c1)NCC(NC(=O)Cc1cccc(Cl)c1)c1ccccc1. The molecule has 1 unspecified atom stereocenters. The molecule has 3 N–H and O–H groups in total. The Bertz CT molecular complexity index is 1050. The Labute approximate surface area is 179 Å². The zero-order chi connectivity index (χ0) is 21.3. The van der Waals surface area contributed by atoms with Gasteiger partial charge in [-0.25, -0.2) is 0 Å². The van der Waals surface area contributed by atoms with Crippen molar-refractivity contribution in [2.75, 3.05) is 6.54 Å². The number of hydrogen-bond donors (Lipinski definition) is 3. The highest BCUT2D eigenvalue weighted by atomic mass is 35.5. The van der Waals surface area contributed by atoms with Crippen molar-refractivity contribution in [3.8, 4) is 0 Å². The number of halogens is 1. The summed E-state index contributed by atoms with van der Waals surface area (Å²) in [4.78, 5) is 38.6. The molecule has 3 rings (SSSR count). The van der Waals surface area contributed by atoms with Crippen LogP contribution in [0.1, 0.15) is 22.7 Å². The van der Waals surface area contributed by atoms with Crippen molar-refractivity contribution in [1.29, 1.82) is 0 Å². The summed E-state index contributed by atoms with van der Waals surface area (Å²) >= 11 is 5.99. The van der Waals surface area contributed by atoms with E-state index in [9.17, 15) is 14.4 Å². The molecule has 0 radical (unpaired) electrons. The number of H-pyrrole nitrogens is 1. The third-order valence-electron chi connectivity index (χ3n) is 4.51. The number of carbonyl (C=O) groups is 2. The van der Waals surface area contributed by atoms with Crippen LogP contribution in [-0.2, 0) is 22.4 Å². The molecular weight excluding hydrogens is 402 g/mol. The molecule has 1 atom stereocenters. The minimum Gasteiger partial charge on any atom is -0.353 e. The Hall–Kier alpha value is -3.38. The van der Waals surface area contributed by atoms with Gasteiger partial charge in [0.05, 0.1) is 18.9 Å². The summed E-state index contributed by atoms with van der Waals surface area (Å²) in [6.07, 6.45) is 1.84. The van der Waals surface area contributed by atoms with Crippen molar-refractivity contribution in [2.24, 2.45) is 0 Å². The van der Waals surface area contributed by atoms with Gasteiger partial charge in [0.2, 0.25) is 17.4 Å². The van der Waals surface area contributed by atoms with Gasteiger partial charge in [0.1, 0.15) is 0 Å². The van der Waals surface area contributed by atoms with Crippen LogP contribution in [-0.4, -0.2) is 23.3 Å². The van der Waals surface area contributed by atoms with Crippen molar-refractivity contribution in [3.63, 3.8) is 0 Å². The van der Waals surface area contributed by atoms with E-state index >= 15 is 0 Å². The van der Waals surface area contributed by atoms with E-state index in [0.717, 1.165) is 11.1 Å². The van der Waals surface area contributed by atoms with Gasteiger partial charge in [0, 0.05) is 23.8 Å². The Morgan fingerprint density at radius 1 is 0.900 bits per heavy atom. The highest BCUT2D eigenvalue weighted by Crippen LogP contribution is 2.14. The summed E-state index contributed by atoms with van der Waals surface area (Å²) in [5.41, 5.74) is 2.19. The molecule has 0 fully saturated rings. The smallest absolute Gasteiger partial charge is 0.247 e. The van der Waals surface area contributed by atoms with Crippen LogP contribution in [0.2, 0.25) is 5.02 Å². The molecule has 2 amide bonds. The van der Waals surface area contributed by atoms with Crippen molar-refractivity contribution >= 4 is 23.4 Å². The van der Waals surface area contributed by atoms with Crippen LogP contribution in [0.3, 0.4) is 0 Å². The fraction of sp³-hybridized carbons (Fsp3) is 0.174. The molecule has 0 saturated carbocycles. The molecule has 6 nitrogen and oxygen atoms in total. The number of benzene rings is 2. The Morgan fingerprint density at radius 2 is 1.67 bits per heavy atom. The van der Waals surface area contributed by atoms with Gasteiger partial charge in [-0.15, -0.1) is 0 Å². The molecule has 0 aliphatic heterocycles. The zero-order valence-electron chi connectivity index (χ0n) is 16.2. The number of hydrogen-bond acceptors (Lipinski definition) is 3. The molecule has 3 aromatic rings. The lowest BCUT2D eigenvalue weighted by Gasteiger charge is -2.20. The van der Waals surface area contributed by atoms with Gasteiger partial charge in [-0.1, -0.05) is 60.1 Å². The minimum absolute atomic E-state index is 0.134. The summed E-state index contributed by atoms with van der Waals surface area (Å²) in [5, 5.41) is 6.42. The number of amides is 2. The van der Waals surface area contributed by atoms with E-state index in [1.54, 1.807) is 24.3 Å². The van der Waals surface area contributed by atoms with Crippen molar-refractivity contribution in [3.05, 3.63) is 105 Å². The van der Waals surface area contributed by atoms with Crippen LogP contribution in [0.4, 0.5) is 0 Å². The molecule has 1 aromatic heterocycles. The second-order valence-corrected chi connectivity index (χ2v) is 7.32. The summed E-state index contributed by atoms with van der Waals surface area (Å²) in [7, 11) is 0. The van der Waals surface area contributed by atoms with Crippen LogP contribution < -0.4 is 16.2 Å². The molecule has 1 heterocycles. The lowest BCUT2D eigenvalue weighted by atomic mass is 10.1. The zero-order valence-corrected chi connectivity index (χ0v) is 17.0. The average molecular weight is 424 g/mol. The number of pyridine rings is 1. The molecule has 30 heavy (non-hydrogen) atoms. The summed E-state index contributed by atoms with van der Waals surface area (Å²) in [5.74, 6) is -0.368. The van der Waals surface area contributed by atoms with Gasteiger partial charge in [0.15, 0.2) is 0 Å². The standard InChI is InChI=1S/C23H22ClN3O3/c24-19-8-4-5-16(11-19)12-23(30)27-20(18-6-2-1-3-7-18)15-26-22(29)13-17-9-10-21(28)25-14-17/h1-11,14,20H,12-13,15H2,(H,25,28)(H,26,29)(H,27,30). The van der Waals surface area contributed by atoms with Crippen molar-refractivity contribution in [1.82, 2.24) is 15.6 Å². The number of aromatic amines is 1. The first-order chi connectivity index (χ1) is 14.5. The monoisotopic (exact) mass is 423 g/mol. The van der Waals surface area contributed by atoms with E-state index < -0.39 is 0 Å². The van der Waals surface area contributed by atoms with E-state index in [1.165, 1.54) is 12.3 Å². The van der Waals surface area contributed by atoms with Gasteiger partial charge in [0.25, 0.3) is 0 Å². The van der Waals surface area contributed by atoms with Crippen molar-refractivity contribution in [2.45, 2.75) is 18.9 Å². The predicted molar refractivity (Wildman–Crippen MR) is 116 cm³/mol. The van der Waals surface area contributed by atoms with E-state index in [1.807, 2.05) is 36.4 Å². The van der Waals surface area contributed by atoms with Gasteiger partial charge >= 0.3 is 0 Å². The molecule has 2 aromatic carbocycles. The molecule has 154 valence electrons.